The van der Waals surface area contributed by atoms with Gasteiger partial charge in [0.25, 0.3) is 0 Å². The van der Waals surface area contributed by atoms with Gasteiger partial charge in [-0.25, -0.2) is 0 Å². The van der Waals surface area contributed by atoms with Crippen molar-refractivity contribution in [3.8, 4) is 0 Å². The third-order valence-corrected chi connectivity index (χ3v) is 8.49. The Balaban J connectivity index is 1.72. The Bertz CT molecular complexity index is 702. The summed E-state index contributed by atoms with van der Waals surface area (Å²) < 4.78 is 0. The number of ketones is 2. The lowest BCUT2D eigenvalue weighted by atomic mass is 9.47. The number of allylic oxidation sites excluding steroid dienone is 3. The minimum Gasteiger partial charge on any atom is -0.508 e. The zero-order chi connectivity index (χ0) is 18.1. The molecule has 3 nitrogen and oxygen atoms in total. The van der Waals surface area contributed by atoms with E-state index in [0.717, 1.165) is 37.7 Å². The molecule has 0 aromatic carbocycles. The molecular formula is C22H30O3. The normalized spacial score (nSPS) is 48.8. The highest BCUT2D eigenvalue weighted by Crippen LogP contribution is 2.67. The van der Waals surface area contributed by atoms with Crippen LogP contribution in [0.1, 0.15) is 59.8 Å². The van der Waals surface area contributed by atoms with Crippen LogP contribution in [0.15, 0.2) is 23.5 Å². The van der Waals surface area contributed by atoms with E-state index in [9.17, 15) is 14.7 Å². The second-order valence-electron chi connectivity index (χ2n) is 9.57. The van der Waals surface area contributed by atoms with E-state index in [1.807, 2.05) is 6.08 Å². The summed E-state index contributed by atoms with van der Waals surface area (Å²) in [5.41, 5.74) is 0.768. The Morgan fingerprint density at radius 3 is 2.60 bits per heavy atom. The number of fused-ring (bicyclic) bond motifs is 5. The van der Waals surface area contributed by atoms with E-state index >= 15 is 0 Å². The first-order chi connectivity index (χ1) is 11.7. The number of hydrogen-bond donors (Lipinski definition) is 1. The van der Waals surface area contributed by atoms with Gasteiger partial charge in [0.2, 0.25) is 0 Å². The average molecular weight is 342 g/mol. The maximum Gasteiger partial charge on any atom is 0.169 e. The molecule has 4 aliphatic carbocycles. The van der Waals surface area contributed by atoms with Gasteiger partial charge in [0.1, 0.15) is 11.5 Å². The van der Waals surface area contributed by atoms with Crippen LogP contribution in [-0.4, -0.2) is 16.7 Å². The van der Waals surface area contributed by atoms with Crippen LogP contribution in [0.3, 0.4) is 0 Å². The molecule has 25 heavy (non-hydrogen) atoms. The molecule has 4 aliphatic rings. The van der Waals surface area contributed by atoms with Gasteiger partial charge in [0, 0.05) is 12.0 Å². The standard InChI is InChI=1S/C22H30O3/c1-12-9-18-16-6-5-14-10-15(24)11-19(25)22(14,4)17(16)7-8-21(18,3)20(12)13(2)23/h10-12,16-18,20,24H,5-9H2,1-4H3/t12?,16-,17+,18+,20-,21+,22+/m1/s1. The molecule has 3 fully saturated rings. The summed E-state index contributed by atoms with van der Waals surface area (Å²) in [4.78, 5) is 25.3. The largest absolute Gasteiger partial charge is 0.508 e. The minimum absolute atomic E-state index is 0.0787. The predicted molar refractivity (Wildman–Crippen MR) is 96.9 cm³/mol. The molecule has 1 N–H and O–H groups in total. The van der Waals surface area contributed by atoms with Gasteiger partial charge < -0.3 is 5.11 Å². The van der Waals surface area contributed by atoms with Gasteiger partial charge in [0.05, 0.1) is 5.41 Å². The van der Waals surface area contributed by atoms with Gasteiger partial charge >= 0.3 is 0 Å². The number of aliphatic hydroxyl groups excluding tert-OH is 1. The van der Waals surface area contributed by atoms with Crippen LogP contribution in [-0.2, 0) is 9.59 Å². The third-order valence-electron chi connectivity index (χ3n) is 8.49. The molecular weight excluding hydrogens is 312 g/mol. The summed E-state index contributed by atoms with van der Waals surface area (Å²) >= 11 is 0. The first-order valence-electron chi connectivity index (χ1n) is 9.86. The van der Waals surface area contributed by atoms with E-state index in [1.165, 1.54) is 6.08 Å². The lowest BCUT2D eigenvalue weighted by molar-refractivity contribution is -0.136. The number of carbonyl (C=O) groups is 2. The second kappa shape index (κ2) is 5.31. The molecule has 0 bridgehead atoms. The highest BCUT2D eigenvalue weighted by Gasteiger charge is 2.62. The summed E-state index contributed by atoms with van der Waals surface area (Å²) in [6, 6.07) is 0. The summed E-state index contributed by atoms with van der Waals surface area (Å²) in [5.74, 6) is 2.57. The number of carbonyl (C=O) groups excluding carboxylic acids is 2. The monoisotopic (exact) mass is 342 g/mol. The summed E-state index contributed by atoms with van der Waals surface area (Å²) in [6.45, 7) is 8.45. The van der Waals surface area contributed by atoms with Crippen molar-refractivity contribution in [2.75, 3.05) is 0 Å². The maximum absolute atomic E-state index is 12.9. The lowest BCUT2D eigenvalue weighted by Crippen LogP contribution is -2.53. The van der Waals surface area contributed by atoms with Crippen molar-refractivity contribution >= 4 is 11.6 Å². The van der Waals surface area contributed by atoms with Crippen LogP contribution in [0.2, 0.25) is 0 Å². The van der Waals surface area contributed by atoms with Crippen LogP contribution in [0.25, 0.3) is 0 Å². The fourth-order valence-corrected chi connectivity index (χ4v) is 7.52. The molecule has 0 heterocycles. The van der Waals surface area contributed by atoms with E-state index < -0.39 is 5.41 Å². The molecule has 0 aromatic rings. The molecule has 1 unspecified atom stereocenters. The molecule has 0 aromatic heterocycles. The quantitative estimate of drug-likeness (QED) is 0.756. The van der Waals surface area contributed by atoms with Gasteiger partial charge in [-0.15, -0.1) is 0 Å². The predicted octanol–water partition coefficient (Wildman–Crippen LogP) is 4.63. The Morgan fingerprint density at radius 2 is 1.92 bits per heavy atom. The van der Waals surface area contributed by atoms with Gasteiger partial charge in [-0.3, -0.25) is 9.59 Å². The van der Waals surface area contributed by atoms with E-state index in [4.69, 9.17) is 0 Å². The molecule has 3 heteroatoms. The van der Waals surface area contributed by atoms with Crippen molar-refractivity contribution in [2.45, 2.75) is 59.8 Å². The highest BCUT2D eigenvalue weighted by atomic mass is 16.3. The molecule has 136 valence electrons. The van der Waals surface area contributed by atoms with Crippen molar-refractivity contribution in [1.82, 2.24) is 0 Å². The van der Waals surface area contributed by atoms with Crippen molar-refractivity contribution in [3.63, 3.8) is 0 Å². The Labute approximate surface area is 150 Å². The topological polar surface area (TPSA) is 54.4 Å². The van der Waals surface area contributed by atoms with Crippen molar-refractivity contribution in [3.05, 3.63) is 23.5 Å². The molecule has 7 atom stereocenters. The minimum atomic E-state index is -0.450. The van der Waals surface area contributed by atoms with Crippen molar-refractivity contribution in [2.24, 2.45) is 40.4 Å². The van der Waals surface area contributed by atoms with Crippen LogP contribution in [0.4, 0.5) is 0 Å². The van der Waals surface area contributed by atoms with Crippen molar-refractivity contribution in [1.29, 1.82) is 0 Å². The number of aliphatic hydroxyl groups is 1. The smallest absolute Gasteiger partial charge is 0.169 e. The Hall–Kier alpha value is -1.38. The van der Waals surface area contributed by atoms with Crippen LogP contribution in [0.5, 0.6) is 0 Å². The molecule has 0 spiro atoms. The number of hydrogen-bond acceptors (Lipinski definition) is 3. The van der Waals surface area contributed by atoms with Gasteiger partial charge in [-0.2, -0.15) is 0 Å². The zero-order valence-electron chi connectivity index (χ0n) is 15.8. The number of Topliss-reactive ketones (excluding diaryl/α,β-unsaturated/α-hetero) is 1. The lowest BCUT2D eigenvalue weighted by Gasteiger charge is -2.56. The van der Waals surface area contributed by atoms with E-state index in [2.05, 4.69) is 20.8 Å². The zero-order valence-corrected chi connectivity index (χ0v) is 15.8. The van der Waals surface area contributed by atoms with Gasteiger partial charge in [0.15, 0.2) is 5.78 Å². The fourth-order valence-electron chi connectivity index (χ4n) is 7.52. The van der Waals surface area contributed by atoms with Gasteiger partial charge in [-0.05, 0) is 81.1 Å². The average Bonchev–Trinajstić information content (AvgIpc) is 2.79. The van der Waals surface area contributed by atoms with E-state index in [-0.39, 0.29) is 22.9 Å². The van der Waals surface area contributed by atoms with Crippen LogP contribution in [0, 0.1) is 40.4 Å². The summed E-state index contributed by atoms with van der Waals surface area (Å²) in [6.07, 6.45) is 8.42. The summed E-state index contributed by atoms with van der Waals surface area (Å²) in [5, 5.41) is 9.88. The first-order valence-corrected chi connectivity index (χ1v) is 9.86. The molecule has 0 saturated heterocycles. The van der Waals surface area contributed by atoms with Crippen molar-refractivity contribution < 1.29 is 14.7 Å². The Kier molecular flexibility index (Phi) is 3.62. The van der Waals surface area contributed by atoms with Gasteiger partial charge in [-0.1, -0.05) is 19.4 Å². The maximum atomic E-state index is 12.9. The SMILES string of the molecule is CC(=O)[C@H]1C(C)C[C@H]2[C@@H]3CCC4=CC(O)=CC(=O)[C@]4(C)[C@H]3CC[C@]12C. The molecule has 0 aliphatic heterocycles. The Morgan fingerprint density at radius 1 is 1.20 bits per heavy atom. The van der Waals surface area contributed by atoms with E-state index in [1.54, 1.807) is 6.92 Å². The second-order valence-corrected chi connectivity index (χ2v) is 9.57. The summed E-state index contributed by atoms with van der Waals surface area (Å²) in [7, 11) is 0. The van der Waals surface area contributed by atoms with E-state index in [0.29, 0.717) is 29.5 Å². The van der Waals surface area contributed by atoms with Crippen LogP contribution < -0.4 is 0 Å². The molecule has 3 saturated carbocycles. The van der Waals surface area contributed by atoms with Crippen LogP contribution >= 0.6 is 0 Å². The third kappa shape index (κ3) is 2.10. The fraction of sp³-hybridized carbons (Fsp3) is 0.727. The molecule has 0 amide bonds. The molecule has 4 rings (SSSR count). The molecule has 0 radical (unpaired) electrons. The highest BCUT2D eigenvalue weighted by molar-refractivity contribution is 5.99. The number of rotatable bonds is 1. The first kappa shape index (κ1) is 17.1.